The summed E-state index contributed by atoms with van der Waals surface area (Å²) in [5, 5.41) is 2.99. The molecule has 0 fully saturated rings. The zero-order valence-electron chi connectivity index (χ0n) is 9.17. The fourth-order valence-corrected chi connectivity index (χ4v) is 0.913. The van der Waals surface area contributed by atoms with Gasteiger partial charge in [-0.2, -0.15) is 0 Å². The van der Waals surface area contributed by atoms with Gasteiger partial charge in [0.1, 0.15) is 0 Å². The second kappa shape index (κ2) is 10.5. The molecule has 0 bridgehead atoms. The number of esters is 1. The molecule has 0 amide bonds. The standard InChI is InChI=1S/C10H21NO3/c1-3-4-8-14-10(12)9-11-6-5-7-13-2/h11H,3-9H2,1-2H3. The summed E-state index contributed by atoms with van der Waals surface area (Å²) in [5.74, 6) is -0.170. The van der Waals surface area contributed by atoms with Crippen LogP contribution in [0.2, 0.25) is 0 Å². The van der Waals surface area contributed by atoms with Crippen LogP contribution in [-0.2, 0) is 14.3 Å². The van der Waals surface area contributed by atoms with Crippen LogP contribution in [0.1, 0.15) is 26.2 Å². The number of ether oxygens (including phenoxy) is 2. The van der Waals surface area contributed by atoms with E-state index < -0.39 is 0 Å². The molecule has 0 aromatic rings. The average molecular weight is 203 g/mol. The van der Waals surface area contributed by atoms with Crippen molar-refractivity contribution < 1.29 is 14.3 Å². The maximum atomic E-state index is 11.0. The average Bonchev–Trinajstić information content (AvgIpc) is 2.18. The molecule has 0 spiro atoms. The van der Waals surface area contributed by atoms with E-state index in [9.17, 15) is 4.79 Å². The van der Waals surface area contributed by atoms with E-state index in [1.165, 1.54) is 0 Å². The van der Waals surface area contributed by atoms with Crippen molar-refractivity contribution in [1.29, 1.82) is 0 Å². The van der Waals surface area contributed by atoms with E-state index in [1.54, 1.807) is 7.11 Å². The molecule has 0 aromatic carbocycles. The highest BCUT2D eigenvalue weighted by atomic mass is 16.5. The molecule has 0 aliphatic rings. The summed E-state index contributed by atoms with van der Waals surface area (Å²) >= 11 is 0. The Morgan fingerprint density at radius 1 is 1.29 bits per heavy atom. The van der Waals surface area contributed by atoms with Crippen molar-refractivity contribution in [2.45, 2.75) is 26.2 Å². The molecular weight excluding hydrogens is 182 g/mol. The van der Waals surface area contributed by atoms with E-state index in [-0.39, 0.29) is 5.97 Å². The van der Waals surface area contributed by atoms with Gasteiger partial charge < -0.3 is 14.8 Å². The minimum absolute atomic E-state index is 0.170. The molecule has 14 heavy (non-hydrogen) atoms. The van der Waals surface area contributed by atoms with Crippen molar-refractivity contribution in [2.24, 2.45) is 0 Å². The number of unbranched alkanes of at least 4 members (excludes halogenated alkanes) is 1. The summed E-state index contributed by atoms with van der Waals surface area (Å²) in [6, 6.07) is 0. The molecule has 0 saturated heterocycles. The van der Waals surface area contributed by atoms with Gasteiger partial charge in [-0.05, 0) is 19.4 Å². The van der Waals surface area contributed by atoms with Crippen LogP contribution in [-0.4, -0.2) is 39.4 Å². The van der Waals surface area contributed by atoms with E-state index in [0.717, 1.165) is 32.4 Å². The predicted molar refractivity (Wildman–Crippen MR) is 55.2 cm³/mol. The molecular formula is C10H21NO3. The number of rotatable bonds is 9. The van der Waals surface area contributed by atoms with Crippen LogP contribution in [0.25, 0.3) is 0 Å². The Kier molecular flexibility index (Phi) is 10.0. The van der Waals surface area contributed by atoms with Gasteiger partial charge in [-0.1, -0.05) is 13.3 Å². The molecule has 0 heterocycles. The molecule has 1 N–H and O–H groups in total. The van der Waals surface area contributed by atoms with Crippen LogP contribution in [0.3, 0.4) is 0 Å². The first-order valence-corrected chi connectivity index (χ1v) is 5.16. The second-order valence-electron chi connectivity index (χ2n) is 3.10. The first-order chi connectivity index (χ1) is 6.81. The number of carbonyl (C=O) groups excluding carboxylic acids is 1. The maximum Gasteiger partial charge on any atom is 0.319 e. The van der Waals surface area contributed by atoms with Gasteiger partial charge in [0, 0.05) is 13.7 Å². The molecule has 0 rings (SSSR count). The molecule has 4 heteroatoms. The van der Waals surface area contributed by atoms with E-state index in [4.69, 9.17) is 9.47 Å². The third-order valence-electron chi connectivity index (χ3n) is 1.73. The van der Waals surface area contributed by atoms with Crippen molar-refractivity contribution in [3.8, 4) is 0 Å². The second-order valence-corrected chi connectivity index (χ2v) is 3.10. The fraction of sp³-hybridized carbons (Fsp3) is 0.900. The highest BCUT2D eigenvalue weighted by Crippen LogP contribution is 1.88. The van der Waals surface area contributed by atoms with Gasteiger partial charge in [0.05, 0.1) is 13.2 Å². The smallest absolute Gasteiger partial charge is 0.319 e. The van der Waals surface area contributed by atoms with Crippen LogP contribution >= 0.6 is 0 Å². The largest absolute Gasteiger partial charge is 0.465 e. The Morgan fingerprint density at radius 3 is 2.71 bits per heavy atom. The first kappa shape index (κ1) is 13.4. The summed E-state index contributed by atoms with van der Waals surface area (Å²) in [5.41, 5.74) is 0. The minimum atomic E-state index is -0.170. The number of hydrogen-bond donors (Lipinski definition) is 1. The van der Waals surface area contributed by atoms with Gasteiger partial charge >= 0.3 is 5.97 Å². The Balaban J connectivity index is 3.10. The first-order valence-electron chi connectivity index (χ1n) is 5.16. The molecule has 0 atom stereocenters. The third-order valence-corrected chi connectivity index (χ3v) is 1.73. The molecule has 0 aliphatic carbocycles. The van der Waals surface area contributed by atoms with Crippen LogP contribution in [0, 0.1) is 0 Å². The molecule has 0 aliphatic heterocycles. The Morgan fingerprint density at radius 2 is 2.07 bits per heavy atom. The quantitative estimate of drug-likeness (QED) is 0.448. The fourth-order valence-electron chi connectivity index (χ4n) is 0.913. The van der Waals surface area contributed by atoms with Gasteiger partial charge in [0.15, 0.2) is 0 Å². The molecule has 0 aromatic heterocycles. The van der Waals surface area contributed by atoms with Crippen LogP contribution in [0.15, 0.2) is 0 Å². The SMILES string of the molecule is CCCCOC(=O)CNCCCOC. The van der Waals surface area contributed by atoms with E-state index >= 15 is 0 Å². The van der Waals surface area contributed by atoms with Gasteiger partial charge in [0.25, 0.3) is 0 Å². The van der Waals surface area contributed by atoms with Gasteiger partial charge in [-0.15, -0.1) is 0 Å². The lowest BCUT2D eigenvalue weighted by molar-refractivity contribution is -0.142. The normalized spacial score (nSPS) is 10.1. The van der Waals surface area contributed by atoms with E-state index in [1.807, 2.05) is 0 Å². The van der Waals surface area contributed by atoms with E-state index in [2.05, 4.69) is 12.2 Å². The van der Waals surface area contributed by atoms with E-state index in [0.29, 0.717) is 13.2 Å². The van der Waals surface area contributed by atoms with Gasteiger partial charge in [-0.25, -0.2) is 0 Å². The van der Waals surface area contributed by atoms with Crippen LogP contribution < -0.4 is 5.32 Å². The summed E-state index contributed by atoms with van der Waals surface area (Å²) in [6.07, 6.45) is 2.91. The highest BCUT2D eigenvalue weighted by molar-refractivity contribution is 5.71. The van der Waals surface area contributed by atoms with Gasteiger partial charge in [-0.3, -0.25) is 4.79 Å². The summed E-state index contributed by atoms with van der Waals surface area (Å²) in [4.78, 5) is 11.0. The maximum absolute atomic E-state index is 11.0. The number of methoxy groups -OCH3 is 1. The van der Waals surface area contributed by atoms with Crippen molar-refractivity contribution in [3.63, 3.8) is 0 Å². The molecule has 0 unspecified atom stereocenters. The summed E-state index contributed by atoms with van der Waals surface area (Å²) in [7, 11) is 1.67. The number of nitrogens with one attached hydrogen (secondary N) is 1. The van der Waals surface area contributed by atoms with Crippen molar-refractivity contribution in [3.05, 3.63) is 0 Å². The molecule has 4 nitrogen and oxygen atoms in total. The summed E-state index contributed by atoms with van der Waals surface area (Å²) in [6.45, 7) is 4.41. The van der Waals surface area contributed by atoms with Crippen molar-refractivity contribution in [1.82, 2.24) is 5.32 Å². The summed E-state index contributed by atoms with van der Waals surface area (Å²) < 4.78 is 9.83. The highest BCUT2D eigenvalue weighted by Gasteiger charge is 2.00. The Hall–Kier alpha value is -0.610. The Bertz CT molecular complexity index is 139. The van der Waals surface area contributed by atoms with Crippen LogP contribution in [0.4, 0.5) is 0 Å². The van der Waals surface area contributed by atoms with Crippen molar-refractivity contribution >= 4 is 5.97 Å². The minimum Gasteiger partial charge on any atom is -0.465 e. The molecule has 0 saturated carbocycles. The Labute approximate surface area is 86.0 Å². The monoisotopic (exact) mass is 203 g/mol. The number of carbonyl (C=O) groups is 1. The molecule has 0 radical (unpaired) electrons. The lowest BCUT2D eigenvalue weighted by Gasteiger charge is -2.05. The zero-order valence-corrected chi connectivity index (χ0v) is 9.17. The predicted octanol–water partition coefficient (Wildman–Crippen LogP) is 0.956. The number of hydrogen-bond acceptors (Lipinski definition) is 4. The molecule has 84 valence electrons. The third kappa shape index (κ3) is 9.48. The topological polar surface area (TPSA) is 47.6 Å². The lowest BCUT2D eigenvalue weighted by atomic mass is 10.4. The van der Waals surface area contributed by atoms with Gasteiger partial charge in [0.2, 0.25) is 0 Å². The lowest BCUT2D eigenvalue weighted by Crippen LogP contribution is -2.26. The zero-order chi connectivity index (χ0) is 10.6. The van der Waals surface area contributed by atoms with Crippen LogP contribution in [0.5, 0.6) is 0 Å². The van der Waals surface area contributed by atoms with Crippen molar-refractivity contribution in [2.75, 3.05) is 33.4 Å².